The highest BCUT2D eigenvalue weighted by molar-refractivity contribution is 5.37. The van der Waals surface area contributed by atoms with Crippen LogP contribution in [0.25, 0.3) is 0 Å². The Balaban J connectivity index is 2.66. The Morgan fingerprint density at radius 1 is 1.24 bits per heavy atom. The molecule has 1 aliphatic heterocycles. The molecule has 1 aromatic rings. The normalized spacial score (nSPS) is 18.5. The Labute approximate surface area is 104 Å². The molecule has 2 rings (SSSR count). The smallest absolute Gasteiger partial charge is 0.0996 e. The van der Waals surface area contributed by atoms with Crippen molar-refractivity contribution < 1.29 is 4.74 Å². The molecule has 0 saturated heterocycles. The van der Waals surface area contributed by atoms with E-state index in [4.69, 9.17) is 4.74 Å². The van der Waals surface area contributed by atoms with Crippen LogP contribution in [-0.4, -0.2) is 11.6 Å². The summed E-state index contributed by atoms with van der Waals surface area (Å²) in [6, 6.07) is 2.10. The monoisotopic (exact) mass is 233 g/mol. The molecule has 0 bridgehead atoms. The zero-order valence-electron chi connectivity index (χ0n) is 11.6. The van der Waals surface area contributed by atoms with Crippen LogP contribution in [0.5, 0.6) is 0 Å². The molecule has 0 aliphatic carbocycles. The Kier molecular flexibility index (Phi) is 3.26. The number of aromatic nitrogens is 1. The van der Waals surface area contributed by atoms with E-state index in [2.05, 4.69) is 45.7 Å². The van der Waals surface area contributed by atoms with Gasteiger partial charge in [0, 0.05) is 23.9 Å². The van der Waals surface area contributed by atoms with E-state index in [1.54, 1.807) is 0 Å². The molecule has 2 nitrogen and oxygen atoms in total. The summed E-state index contributed by atoms with van der Waals surface area (Å²) in [5, 5.41) is 0. The molecule has 0 amide bonds. The topological polar surface area (TPSA) is 22.1 Å². The van der Waals surface area contributed by atoms with Gasteiger partial charge in [0.15, 0.2) is 0 Å². The first kappa shape index (κ1) is 12.6. The summed E-state index contributed by atoms with van der Waals surface area (Å²) in [7, 11) is 0. The van der Waals surface area contributed by atoms with E-state index in [0.717, 1.165) is 13.0 Å². The van der Waals surface area contributed by atoms with Gasteiger partial charge in [-0.3, -0.25) is 4.98 Å². The number of ether oxygens (including phenoxy) is 1. The van der Waals surface area contributed by atoms with E-state index < -0.39 is 0 Å². The fourth-order valence-electron chi connectivity index (χ4n) is 3.30. The highest BCUT2D eigenvalue weighted by Gasteiger charge is 2.44. The molecule has 1 aromatic heterocycles. The van der Waals surface area contributed by atoms with Crippen LogP contribution in [0.4, 0.5) is 0 Å². The zero-order chi connectivity index (χ0) is 12.6. The average Bonchev–Trinajstić information content (AvgIpc) is 2.27. The number of nitrogens with zero attached hydrogens (tertiary/aromatic N) is 1. The van der Waals surface area contributed by atoms with Crippen molar-refractivity contribution in [2.75, 3.05) is 6.61 Å². The van der Waals surface area contributed by atoms with Crippen LogP contribution in [0.1, 0.15) is 44.5 Å². The molecule has 17 heavy (non-hydrogen) atoms. The predicted molar refractivity (Wildman–Crippen MR) is 70.0 cm³/mol. The first-order valence-electron chi connectivity index (χ1n) is 6.59. The quantitative estimate of drug-likeness (QED) is 0.780. The molecule has 0 aromatic carbocycles. The summed E-state index contributed by atoms with van der Waals surface area (Å²) in [5.41, 5.74) is 3.73. The lowest BCUT2D eigenvalue weighted by molar-refractivity contribution is -0.126. The van der Waals surface area contributed by atoms with Gasteiger partial charge in [-0.15, -0.1) is 0 Å². The molecule has 1 aliphatic rings. The van der Waals surface area contributed by atoms with Crippen molar-refractivity contribution in [3.8, 4) is 0 Å². The first-order valence-corrected chi connectivity index (χ1v) is 6.59. The van der Waals surface area contributed by atoms with E-state index in [1.165, 1.54) is 16.8 Å². The second-order valence-corrected chi connectivity index (χ2v) is 5.65. The fraction of sp³-hybridized carbons (Fsp3) is 0.667. The van der Waals surface area contributed by atoms with Crippen LogP contribution in [0.15, 0.2) is 12.3 Å². The first-order chi connectivity index (χ1) is 8.00. The fourth-order valence-corrected chi connectivity index (χ4v) is 3.30. The molecule has 0 fully saturated rings. The molecule has 0 N–H and O–H groups in total. The lowest BCUT2D eigenvalue weighted by atomic mass is 9.71. The van der Waals surface area contributed by atoms with Gasteiger partial charge < -0.3 is 4.74 Å². The predicted octanol–water partition coefficient (Wildman–Crippen LogP) is 3.47. The van der Waals surface area contributed by atoms with Crippen LogP contribution in [0.2, 0.25) is 0 Å². The minimum absolute atomic E-state index is 0.161. The van der Waals surface area contributed by atoms with E-state index in [0.29, 0.717) is 11.8 Å². The summed E-state index contributed by atoms with van der Waals surface area (Å²) in [6.45, 7) is 12.0. The molecule has 0 spiro atoms. The Bertz CT molecular complexity index is 401. The molecule has 0 atom stereocenters. The van der Waals surface area contributed by atoms with Crippen molar-refractivity contribution in [3.05, 3.63) is 29.1 Å². The van der Waals surface area contributed by atoms with Crippen molar-refractivity contribution in [3.63, 3.8) is 0 Å². The van der Waals surface area contributed by atoms with Crippen molar-refractivity contribution in [1.29, 1.82) is 0 Å². The number of fused-ring (bicyclic) bond motifs is 1. The number of pyridine rings is 1. The van der Waals surface area contributed by atoms with Gasteiger partial charge in [0.1, 0.15) is 0 Å². The molecule has 94 valence electrons. The second kappa shape index (κ2) is 4.41. The van der Waals surface area contributed by atoms with E-state index in [-0.39, 0.29) is 5.60 Å². The maximum Gasteiger partial charge on any atom is 0.0996 e. The molecule has 2 heteroatoms. The third-order valence-corrected chi connectivity index (χ3v) is 4.02. The third kappa shape index (κ3) is 1.79. The summed E-state index contributed by atoms with van der Waals surface area (Å²) in [4.78, 5) is 4.56. The summed E-state index contributed by atoms with van der Waals surface area (Å²) < 4.78 is 6.26. The summed E-state index contributed by atoms with van der Waals surface area (Å²) >= 11 is 0. The maximum atomic E-state index is 6.26. The Morgan fingerprint density at radius 2 is 1.88 bits per heavy atom. The van der Waals surface area contributed by atoms with Gasteiger partial charge in [-0.05, 0) is 30.4 Å². The molecule has 2 heterocycles. The van der Waals surface area contributed by atoms with Crippen LogP contribution in [0.3, 0.4) is 0 Å². The van der Waals surface area contributed by atoms with E-state index >= 15 is 0 Å². The molecular weight excluding hydrogens is 210 g/mol. The summed E-state index contributed by atoms with van der Waals surface area (Å²) in [5.74, 6) is 0.925. The van der Waals surface area contributed by atoms with Crippen LogP contribution >= 0.6 is 0 Å². The van der Waals surface area contributed by atoms with Gasteiger partial charge >= 0.3 is 0 Å². The maximum absolute atomic E-state index is 6.26. The Hall–Kier alpha value is -0.890. The molecule has 0 saturated carbocycles. The lowest BCUT2D eigenvalue weighted by Crippen LogP contribution is -2.45. The van der Waals surface area contributed by atoms with Gasteiger partial charge in [-0.1, -0.05) is 27.7 Å². The molecular formula is C15H23NO. The van der Waals surface area contributed by atoms with Crippen molar-refractivity contribution in [2.45, 2.75) is 46.6 Å². The third-order valence-electron chi connectivity index (χ3n) is 4.02. The minimum Gasteiger partial charge on any atom is -0.369 e. The molecule has 0 radical (unpaired) electrons. The van der Waals surface area contributed by atoms with Crippen molar-refractivity contribution in [2.24, 2.45) is 11.8 Å². The second-order valence-electron chi connectivity index (χ2n) is 5.65. The van der Waals surface area contributed by atoms with Crippen molar-refractivity contribution in [1.82, 2.24) is 4.98 Å². The zero-order valence-corrected chi connectivity index (χ0v) is 11.6. The van der Waals surface area contributed by atoms with Gasteiger partial charge in [-0.25, -0.2) is 0 Å². The van der Waals surface area contributed by atoms with E-state index in [1.807, 2.05) is 6.20 Å². The van der Waals surface area contributed by atoms with Gasteiger partial charge in [-0.2, -0.15) is 0 Å². The van der Waals surface area contributed by atoms with Crippen LogP contribution in [0, 0.1) is 18.8 Å². The van der Waals surface area contributed by atoms with Crippen molar-refractivity contribution >= 4 is 0 Å². The highest BCUT2D eigenvalue weighted by atomic mass is 16.5. The standard InChI is InChI=1S/C15H23NO/c1-10(2)15(11(3)4)14-12(5)6-8-16-13(14)7-9-17-15/h6,8,10-11H,7,9H2,1-5H3. The van der Waals surface area contributed by atoms with Gasteiger partial charge in [0.25, 0.3) is 0 Å². The number of rotatable bonds is 2. The van der Waals surface area contributed by atoms with Crippen LogP contribution in [-0.2, 0) is 16.8 Å². The number of aryl methyl sites for hydroxylation is 1. The van der Waals surface area contributed by atoms with Crippen LogP contribution < -0.4 is 0 Å². The van der Waals surface area contributed by atoms with E-state index in [9.17, 15) is 0 Å². The van der Waals surface area contributed by atoms with Gasteiger partial charge in [0.05, 0.1) is 12.2 Å². The minimum atomic E-state index is -0.161. The number of hydrogen-bond donors (Lipinski definition) is 0. The average molecular weight is 233 g/mol. The Morgan fingerprint density at radius 3 is 2.47 bits per heavy atom. The lowest BCUT2D eigenvalue weighted by Gasteiger charge is -2.46. The van der Waals surface area contributed by atoms with Gasteiger partial charge in [0.2, 0.25) is 0 Å². The number of hydrogen-bond acceptors (Lipinski definition) is 2. The largest absolute Gasteiger partial charge is 0.369 e. The summed E-state index contributed by atoms with van der Waals surface area (Å²) in [6.07, 6.45) is 2.86. The highest BCUT2D eigenvalue weighted by Crippen LogP contribution is 2.45. The SMILES string of the molecule is Cc1ccnc2c1C(C(C)C)(C(C)C)OCC2. The molecule has 0 unspecified atom stereocenters.